The third kappa shape index (κ3) is 1.60. The summed E-state index contributed by atoms with van der Waals surface area (Å²) in [7, 11) is 0. The number of hydrogen-bond acceptors (Lipinski definition) is 2. The number of amides is 1. The molecule has 1 N–H and O–H groups in total. The van der Waals surface area contributed by atoms with E-state index in [1.807, 2.05) is 20.8 Å². The molecular formula is C12H19NO3. The minimum absolute atomic E-state index is 0.0238. The van der Waals surface area contributed by atoms with E-state index in [0.717, 1.165) is 12.8 Å². The van der Waals surface area contributed by atoms with E-state index in [1.54, 1.807) is 0 Å². The molecule has 1 aliphatic carbocycles. The highest BCUT2D eigenvalue weighted by molar-refractivity contribution is 5.90. The predicted molar refractivity (Wildman–Crippen MR) is 59.2 cm³/mol. The molecule has 1 amide bonds. The predicted octanol–water partition coefficient (Wildman–Crippen LogP) is 2.13. The van der Waals surface area contributed by atoms with E-state index in [9.17, 15) is 14.7 Å². The van der Waals surface area contributed by atoms with Crippen molar-refractivity contribution in [1.29, 1.82) is 0 Å². The van der Waals surface area contributed by atoms with Crippen LogP contribution < -0.4 is 0 Å². The van der Waals surface area contributed by atoms with Crippen LogP contribution >= 0.6 is 0 Å². The second-order valence-electron chi connectivity index (χ2n) is 6.02. The van der Waals surface area contributed by atoms with Gasteiger partial charge >= 0.3 is 6.09 Å². The van der Waals surface area contributed by atoms with Gasteiger partial charge in [0.15, 0.2) is 5.78 Å². The van der Waals surface area contributed by atoms with Crippen LogP contribution in [0.25, 0.3) is 0 Å². The summed E-state index contributed by atoms with van der Waals surface area (Å²) in [6.45, 7) is 6.12. The van der Waals surface area contributed by atoms with Gasteiger partial charge < -0.3 is 5.11 Å². The Kier molecular flexibility index (Phi) is 2.48. The Hall–Kier alpha value is -1.06. The van der Waals surface area contributed by atoms with Crippen molar-refractivity contribution in [2.24, 2.45) is 11.3 Å². The van der Waals surface area contributed by atoms with Crippen LogP contribution in [0.3, 0.4) is 0 Å². The molecule has 0 aromatic rings. The quantitative estimate of drug-likeness (QED) is 0.687. The molecule has 90 valence electrons. The Bertz CT molecular complexity index is 332. The number of carbonyl (C=O) groups excluding carboxylic acids is 1. The third-order valence-corrected chi connectivity index (χ3v) is 3.92. The van der Waals surface area contributed by atoms with E-state index < -0.39 is 6.09 Å². The molecule has 0 spiro atoms. The zero-order chi connectivity index (χ0) is 12.1. The lowest BCUT2D eigenvalue weighted by atomic mass is 9.83. The van der Waals surface area contributed by atoms with Gasteiger partial charge in [0, 0.05) is 12.5 Å². The number of Topliss-reactive ketones (excluding diaryl/α,β-unsaturated/α-hetero) is 1. The monoisotopic (exact) mass is 225 g/mol. The Balaban J connectivity index is 2.31. The van der Waals surface area contributed by atoms with E-state index in [1.165, 1.54) is 4.90 Å². The summed E-state index contributed by atoms with van der Waals surface area (Å²) in [5.41, 5.74) is -0.0942. The van der Waals surface area contributed by atoms with Gasteiger partial charge in [-0.1, -0.05) is 20.8 Å². The number of likely N-dealkylation sites (tertiary alicyclic amines) is 1. The van der Waals surface area contributed by atoms with Gasteiger partial charge in [0.05, 0.1) is 6.04 Å². The fourth-order valence-corrected chi connectivity index (χ4v) is 3.14. The van der Waals surface area contributed by atoms with Crippen molar-refractivity contribution in [1.82, 2.24) is 4.90 Å². The van der Waals surface area contributed by atoms with E-state index in [4.69, 9.17) is 0 Å². The number of fused-ring (bicyclic) bond motifs is 1. The van der Waals surface area contributed by atoms with Crippen LogP contribution in [0.5, 0.6) is 0 Å². The van der Waals surface area contributed by atoms with Crippen molar-refractivity contribution in [2.75, 3.05) is 0 Å². The summed E-state index contributed by atoms with van der Waals surface area (Å²) < 4.78 is 0. The molecular weight excluding hydrogens is 206 g/mol. The molecule has 4 heteroatoms. The maximum absolute atomic E-state index is 11.7. The van der Waals surface area contributed by atoms with E-state index in [-0.39, 0.29) is 29.2 Å². The van der Waals surface area contributed by atoms with E-state index in [2.05, 4.69) is 0 Å². The maximum atomic E-state index is 11.7. The minimum Gasteiger partial charge on any atom is -0.465 e. The Labute approximate surface area is 95.6 Å². The molecule has 2 aliphatic rings. The molecule has 0 aromatic heterocycles. The normalized spacial score (nSPS) is 34.3. The number of ketones is 1. The first kappa shape index (κ1) is 11.4. The molecule has 4 nitrogen and oxygen atoms in total. The Morgan fingerprint density at radius 3 is 2.56 bits per heavy atom. The molecule has 2 rings (SSSR count). The standard InChI is InChI=1S/C12H19NO3/c1-12(2,3)9-6-7-4-5-8(14)10(7)13(9)11(15)16/h7,9-10H,4-6H2,1-3H3,(H,15,16). The Morgan fingerprint density at radius 2 is 2.06 bits per heavy atom. The highest BCUT2D eigenvalue weighted by Gasteiger charge is 2.53. The first-order chi connectivity index (χ1) is 7.32. The summed E-state index contributed by atoms with van der Waals surface area (Å²) in [6, 6.07) is -0.383. The van der Waals surface area contributed by atoms with Crippen LogP contribution in [0.1, 0.15) is 40.0 Å². The molecule has 1 aliphatic heterocycles. The molecule has 3 atom stereocenters. The molecule has 1 saturated carbocycles. The van der Waals surface area contributed by atoms with Crippen LogP contribution in [0.15, 0.2) is 0 Å². The van der Waals surface area contributed by atoms with Crippen molar-refractivity contribution in [2.45, 2.75) is 52.1 Å². The summed E-state index contributed by atoms with van der Waals surface area (Å²) in [6.07, 6.45) is 1.31. The van der Waals surface area contributed by atoms with Crippen LogP contribution in [0, 0.1) is 11.3 Å². The molecule has 1 heterocycles. The van der Waals surface area contributed by atoms with Crippen LogP contribution in [-0.2, 0) is 4.79 Å². The van der Waals surface area contributed by atoms with Crippen molar-refractivity contribution in [3.05, 3.63) is 0 Å². The highest BCUT2D eigenvalue weighted by atomic mass is 16.4. The fourth-order valence-electron chi connectivity index (χ4n) is 3.14. The molecule has 0 aromatic carbocycles. The van der Waals surface area contributed by atoms with Gasteiger partial charge in [-0.3, -0.25) is 9.69 Å². The van der Waals surface area contributed by atoms with Crippen molar-refractivity contribution in [3.63, 3.8) is 0 Å². The third-order valence-electron chi connectivity index (χ3n) is 3.92. The maximum Gasteiger partial charge on any atom is 0.408 e. The number of nitrogens with zero attached hydrogens (tertiary/aromatic N) is 1. The molecule has 2 fully saturated rings. The second-order valence-corrected chi connectivity index (χ2v) is 6.02. The number of carbonyl (C=O) groups is 2. The topological polar surface area (TPSA) is 57.6 Å². The largest absolute Gasteiger partial charge is 0.465 e. The minimum atomic E-state index is -0.942. The van der Waals surface area contributed by atoms with Crippen LogP contribution in [0.4, 0.5) is 4.79 Å². The zero-order valence-electron chi connectivity index (χ0n) is 10.1. The lowest BCUT2D eigenvalue weighted by Gasteiger charge is -2.35. The van der Waals surface area contributed by atoms with Gasteiger partial charge in [-0.2, -0.15) is 0 Å². The SMILES string of the molecule is CC(C)(C)C1CC2CCC(=O)C2N1C(=O)O. The van der Waals surface area contributed by atoms with Gasteiger partial charge in [-0.15, -0.1) is 0 Å². The molecule has 16 heavy (non-hydrogen) atoms. The summed E-state index contributed by atoms with van der Waals surface area (Å²) in [5.74, 6) is 0.368. The second kappa shape index (κ2) is 3.47. The van der Waals surface area contributed by atoms with Crippen molar-refractivity contribution >= 4 is 11.9 Å². The molecule has 0 bridgehead atoms. The average Bonchev–Trinajstić information content (AvgIpc) is 2.64. The first-order valence-corrected chi connectivity index (χ1v) is 5.86. The lowest BCUT2D eigenvalue weighted by molar-refractivity contribution is -0.121. The Morgan fingerprint density at radius 1 is 1.44 bits per heavy atom. The summed E-state index contributed by atoms with van der Waals surface area (Å²) >= 11 is 0. The molecule has 3 unspecified atom stereocenters. The van der Waals surface area contributed by atoms with Crippen LogP contribution in [0.2, 0.25) is 0 Å². The first-order valence-electron chi connectivity index (χ1n) is 5.86. The number of carboxylic acid groups (broad SMARTS) is 1. The lowest BCUT2D eigenvalue weighted by Crippen LogP contribution is -2.48. The summed E-state index contributed by atoms with van der Waals surface area (Å²) in [4.78, 5) is 24.5. The van der Waals surface area contributed by atoms with Gasteiger partial charge in [-0.25, -0.2) is 4.79 Å². The van der Waals surface area contributed by atoms with Crippen molar-refractivity contribution in [3.8, 4) is 0 Å². The summed E-state index contributed by atoms with van der Waals surface area (Å²) in [5, 5.41) is 9.29. The van der Waals surface area contributed by atoms with Gasteiger partial charge in [0.25, 0.3) is 0 Å². The van der Waals surface area contributed by atoms with Crippen molar-refractivity contribution < 1.29 is 14.7 Å². The average molecular weight is 225 g/mol. The van der Waals surface area contributed by atoms with Gasteiger partial charge in [0.1, 0.15) is 0 Å². The number of hydrogen-bond donors (Lipinski definition) is 1. The molecule has 1 saturated heterocycles. The molecule has 0 radical (unpaired) electrons. The van der Waals surface area contributed by atoms with Gasteiger partial charge in [-0.05, 0) is 24.2 Å². The highest BCUT2D eigenvalue weighted by Crippen LogP contribution is 2.44. The van der Waals surface area contributed by atoms with E-state index >= 15 is 0 Å². The van der Waals surface area contributed by atoms with Gasteiger partial charge in [0.2, 0.25) is 0 Å². The van der Waals surface area contributed by atoms with Crippen LogP contribution in [-0.4, -0.2) is 34.0 Å². The fraction of sp³-hybridized carbons (Fsp3) is 0.833. The zero-order valence-corrected chi connectivity index (χ0v) is 10.1. The number of rotatable bonds is 0. The smallest absolute Gasteiger partial charge is 0.408 e. The van der Waals surface area contributed by atoms with E-state index in [0.29, 0.717) is 6.42 Å².